The van der Waals surface area contributed by atoms with Crippen LogP contribution in [0.3, 0.4) is 0 Å². The van der Waals surface area contributed by atoms with Gasteiger partial charge in [0.2, 0.25) is 0 Å². The van der Waals surface area contributed by atoms with E-state index in [9.17, 15) is 0 Å². The van der Waals surface area contributed by atoms with Crippen LogP contribution in [0.25, 0.3) is 0 Å². The van der Waals surface area contributed by atoms with Crippen LogP contribution in [0.2, 0.25) is 0 Å². The topological polar surface area (TPSA) is 64.4 Å². The summed E-state index contributed by atoms with van der Waals surface area (Å²) in [5.41, 5.74) is 10.9. The van der Waals surface area contributed by atoms with Crippen molar-refractivity contribution in [3.63, 3.8) is 0 Å². The van der Waals surface area contributed by atoms with Gasteiger partial charge >= 0.3 is 0 Å². The van der Waals surface area contributed by atoms with Crippen molar-refractivity contribution < 1.29 is 0 Å². The van der Waals surface area contributed by atoms with Crippen LogP contribution in [0.1, 0.15) is 19.3 Å². The lowest BCUT2D eigenvalue weighted by Gasteiger charge is -2.02. The fraction of sp³-hybridized carbons (Fsp3) is 0.857. The van der Waals surface area contributed by atoms with Crippen LogP contribution < -0.4 is 11.5 Å². The first-order valence-electron chi connectivity index (χ1n) is 3.99. The van der Waals surface area contributed by atoms with Gasteiger partial charge in [0.05, 0.1) is 6.04 Å². The molecule has 1 aliphatic rings. The van der Waals surface area contributed by atoms with E-state index in [1.165, 1.54) is 6.42 Å². The summed E-state index contributed by atoms with van der Waals surface area (Å²) >= 11 is 1.66. The van der Waals surface area contributed by atoms with Gasteiger partial charge in [-0.25, -0.2) is 0 Å². The second-order valence-electron chi connectivity index (χ2n) is 2.72. The maximum absolute atomic E-state index is 5.52. The second-order valence-corrected chi connectivity index (χ2v) is 3.76. The van der Waals surface area contributed by atoms with Gasteiger partial charge in [0.1, 0.15) is 0 Å². The lowest BCUT2D eigenvalue weighted by Crippen LogP contribution is -2.06. The molecule has 0 radical (unpaired) electrons. The number of nitrogens with two attached hydrogens (primary N) is 2. The summed E-state index contributed by atoms with van der Waals surface area (Å²) in [7, 11) is 0. The fourth-order valence-corrected chi connectivity index (χ4v) is 1.94. The Balaban J connectivity index is 0. The molecule has 0 aromatic rings. The van der Waals surface area contributed by atoms with E-state index in [2.05, 4.69) is 4.99 Å². The number of amidine groups is 1. The number of unbranched alkanes of at least 4 members (excludes halogenated alkanes) is 1. The van der Waals surface area contributed by atoms with Gasteiger partial charge in [-0.05, 0) is 19.4 Å². The Morgan fingerprint density at radius 2 is 2.08 bits per heavy atom. The first kappa shape index (κ1) is 15.8. The van der Waals surface area contributed by atoms with Gasteiger partial charge in [0.15, 0.2) is 5.17 Å². The monoisotopic (exact) mass is 245 g/mol. The van der Waals surface area contributed by atoms with Crippen molar-refractivity contribution in [1.82, 2.24) is 0 Å². The third-order valence-corrected chi connectivity index (χ3v) is 2.68. The highest BCUT2D eigenvalue weighted by atomic mass is 35.5. The van der Waals surface area contributed by atoms with Crippen LogP contribution in [-0.2, 0) is 0 Å². The molecule has 0 unspecified atom stereocenters. The van der Waals surface area contributed by atoms with E-state index in [1.807, 2.05) is 0 Å². The highest BCUT2D eigenvalue weighted by Gasteiger charge is 2.14. The molecule has 0 saturated carbocycles. The summed E-state index contributed by atoms with van der Waals surface area (Å²) in [4.78, 5) is 4.28. The molecule has 0 fully saturated rings. The largest absolute Gasteiger partial charge is 0.379 e. The van der Waals surface area contributed by atoms with Crippen LogP contribution in [0, 0.1) is 0 Å². The molecule has 1 heterocycles. The molecule has 4 N–H and O–H groups in total. The van der Waals surface area contributed by atoms with Gasteiger partial charge in [-0.3, -0.25) is 4.99 Å². The Hall–Kier alpha value is 0.360. The first-order chi connectivity index (χ1) is 5.33. The Labute approximate surface area is 95.9 Å². The first-order valence-corrected chi connectivity index (χ1v) is 4.97. The zero-order valence-electron chi connectivity index (χ0n) is 7.44. The minimum Gasteiger partial charge on any atom is -0.379 e. The molecule has 1 rings (SSSR count). The van der Waals surface area contributed by atoms with Crippen molar-refractivity contribution in [3.8, 4) is 0 Å². The van der Waals surface area contributed by atoms with Gasteiger partial charge < -0.3 is 11.5 Å². The van der Waals surface area contributed by atoms with Crippen molar-refractivity contribution >= 4 is 41.7 Å². The van der Waals surface area contributed by atoms with Crippen molar-refractivity contribution in [3.05, 3.63) is 0 Å². The fourth-order valence-electron chi connectivity index (χ4n) is 1.11. The number of hydrogen-bond donors (Lipinski definition) is 2. The molecule has 6 heteroatoms. The highest BCUT2D eigenvalue weighted by molar-refractivity contribution is 8.14. The van der Waals surface area contributed by atoms with E-state index in [0.29, 0.717) is 6.04 Å². The average molecular weight is 246 g/mol. The van der Waals surface area contributed by atoms with Crippen LogP contribution in [-0.4, -0.2) is 23.5 Å². The van der Waals surface area contributed by atoms with Crippen molar-refractivity contribution in [1.29, 1.82) is 0 Å². The van der Waals surface area contributed by atoms with Crippen LogP contribution in [0.15, 0.2) is 4.99 Å². The molecule has 0 aromatic carbocycles. The number of aliphatic imine (C=N–C) groups is 1. The number of nitrogens with zero attached hydrogens (tertiary/aromatic N) is 1. The lowest BCUT2D eigenvalue weighted by molar-refractivity contribution is 0.614. The molecule has 0 bridgehead atoms. The Bertz CT molecular complexity index is 155. The molecular formula is C7H17Cl2N3S. The Morgan fingerprint density at radius 1 is 1.38 bits per heavy atom. The number of hydrogen-bond acceptors (Lipinski definition) is 4. The number of rotatable bonds is 4. The summed E-state index contributed by atoms with van der Waals surface area (Å²) < 4.78 is 0. The Kier molecular flexibility index (Phi) is 10.9. The normalized spacial score (nSPS) is 20.1. The zero-order valence-corrected chi connectivity index (χ0v) is 9.89. The van der Waals surface area contributed by atoms with E-state index >= 15 is 0 Å². The lowest BCUT2D eigenvalue weighted by atomic mass is 10.1. The van der Waals surface area contributed by atoms with E-state index in [1.54, 1.807) is 11.8 Å². The standard InChI is InChI=1S/C7H15N3S.2ClH/c8-4-2-1-3-6-5-11-7(9)10-6;;/h6H,1-5,8H2,(H2,9,10);2*1H/t6-;;/m0../s1. The highest BCUT2D eigenvalue weighted by Crippen LogP contribution is 2.18. The van der Waals surface area contributed by atoms with Gasteiger partial charge in [0.25, 0.3) is 0 Å². The molecule has 0 aromatic heterocycles. The van der Waals surface area contributed by atoms with Crippen molar-refractivity contribution in [2.45, 2.75) is 25.3 Å². The summed E-state index contributed by atoms with van der Waals surface area (Å²) in [5.74, 6) is 1.07. The molecule has 13 heavy (non-hydrogen) atoms. The van der Waals surface area contributed by atoms with Gasteiger partial charge in [0, 0.05) is 5.75 Å². The summed E-state index contributed by atoms with van der Waals surface area (Å²) in [6, 6.07) is 0.464. The minimum absolute atomic E-state index is 0. The van der Waals surface area contributed by atoms with Crippen LogP contribution in [0.5, 0.6) is 0 Å². The smallest absolute Gasteiger partial charge is 0.154 e. The van der Waals surface area contributed by atoms with Gasteiger partial charge in [-0.2, -0.15) is 0 Å². The molecule has 1 atom stereocenters. The molecular weight excluding hydrogens is 229 g/mol. The van der Waals surface area contributed by atoms with E-state index in [0.717, 1.165) is 30.3 Å². The van der Waals surface area contributed by atoms with Gasteiger partial charge in [-0.1, -0.05) is 18.2 Å². The second kappa shape index (κ2) is 8.94. The summed E-state index contributed by atoms with van der Waals surface area (Å²) in [6.45, 7) is 0.791. The van der Waals surface area contributed by atoms with Gasteiger partial charge in [-0.15, -0.1) is 24.8 Å². The zero-order chi connectivity index (χ0) is 8.10. The molecule has 0 amide bonds. The maximum atomic E-state index is 5.52. The molecule has 0 saturated heterocycles. The molecule has 0 spiro atoms. The third-order valence-electron chi connectivity index (χ3n) is 1.72. The minimum atomic E-state index is 0. The molecule has 0 aliphatic carbocycles. The predicted molar refractivity (Wildman–Crippen MR) is 65.3 cm³/mol. The van der Waals surface area contributed by atoms with E-state index in [4.69, 9.17) is 11.5 Å². The van der Waals surface area contributed by atoms with Crippen molar-refractivity contribution in [2.24, 2.45) is 16.5 Å². The number of halogens is 2. The number of thioether (sulfide) groups is 1. The SMILES string of the molecule is Cl.Cl.NCCCC[C@H]1CSC(N)=N1. The Morgan fingerprint density at radius 3 is 2.54 bits per heavy atom. The molecule has 3 nitrogen and oxygen atoms in total. The molecule has 80 valence electrons. The van der Waals surface area contributed by atoms with Crippen molar-refractivity contribution in [2.75, 3.05) is 12.3 Å². The van der Waals surface area contributed by atoms with E-state index < -0.39 is 0 Å². The van der Waals surface area contributed by atoms with Crippen LogP contribution >= 0.6 is 36.6 Å². The molecule has 1 aliphatic heterocycles. The van der Waals surface area contributed by atoms with E-state index in [-0.39, 0.29) is 24.8 Å². The average Bonchev–Trinajstić information content (AvgIpc) is 2.37. The summed E-state index contributed by atoms with van der Waals surface area (Å²) in [5, 5.41) is 0.753. The third kappa shape index (κ3) is 6.43. The summed E-state index contributed by atoms with van der Waals surface area (Å²) in [6.07, 6.45) is 3.43. The maximum Gasteiger partial charge on any atom is 0.154 e. The predicted octanol–water partition coefficient (Wildman–Crippen LogP) is 1.39. The quantitative estimate of drug-likeness (QED) is 0.737. The van der Waals surface area contributed by atoms with Crippen LogP contribution in [0.4, 0.5) is 0 Å².